The van der Waals surface area contributed by atoms with Gasteiger partial charge in [0.05, 0.1) is 0 Å². The van der Waals surface area contributed by atoms with Crippen molar-refractivity contribution in [2.75, 3.05) is 65.4 Å². The molecule has 142 valence electrons. The molecule has 2 aliphatic rings. The molecular formula is C19H29N5O2. The summed E-state index contributed by atoms with van der Waals surface area (Å²) in [6, 6.07) is 5.18. The monoisotopic (exact) mass is 359 g/mol. The summed E-state index contributed by atoms with van der Waals surface area (Å²) in [6.07, 6.45) is 0. The summed E-state index contributed by atoms with van der Waals surface area (Å²) >= 11 is 0. The molecule has 3 heterocycles. The first kappa shape index (κ1) is 18.8. The number of hydrogen-bond donors (Lipinski definition) is 0. The van der Waals surface area contributed by atoms with E-state index in [0.717, 1.165) is 39.3 Å². The minimum Gasteiger partial charge on any atom is -0.335 e. The fraction of sp³-hybridized carbons (Fsp3) is 0.632. The Morgan fingerprint density at radius 1 is 0.769 bits per heavy atom. The van der Waals surface area contributed by atoms with Crippen molar-refractivity contribution in [2.45, 2.75) is 13.8 Å². The van der Waals surface area contributed by atoms with Crippen molar-refractivity contribution in [3.05, 3.63) is 29.6 Å². The molecule has 0 saturated carbocycles. The van der Waals surface area contributed by atoms with Gasteiger partial charge in [0.25, 0.3) is 11.8 Å². The van der Waals surface area contributed by atoms with Crippen molar-refractivity contribution in [1.82, 2.24) is 24.6 Å². The van der Waals surface area contributed by atoms with Gasteiger partial charge >= 0.3 is 0 Å². The fourth-order valence-corrected chi connectivity index (χ4v) is 3.53. The molecule has 0 bridgehead atoms. The van der Waals surface area contributed by atoms with Crippen molar-refractivity contribution < 1.29 is 9.59 Å². The predicted molar refractivity (Wildman–Crippen MR) is 100 cm³/mol. The largest absolute Gasteiger partial charge is 0.335 e. The van der Waals surface area contributed by atoms with Crippen LogP contribution in [0.25, 0.3) is 0 Å². The average molecular weight is 359 g/mol. The Labute approximate surface area is 155 Å². The zero-order valence-corrected chi connectivity index (χ0v) is 15.9. The van der Waals surface area contributed by atoms with Crippen LogP contribution in [0.3, 0.4) is 0 Å². The van der Waals surface area contributed by atoms with E-state index >= 15 is 0 Å². The summed E-state index contributed by atoms with van der Waals surface area (Å²) in [6.45, 7) is 12.7. The second-order valence-corrected chi connectivity index (χ2v) is 6.86. The van der Waals surface area contributed by atoms with E-state index in [1.807, 2.05) is 9.80 Å². The average Bonchev–Trinajstić information content (AvgIpc) is 2.73. The van der Waals surface area contributed by atoms with Crippen LogP contribution in [0.1, 0.15) is 34.8 Å². The van der Waals surface area contributed by atoms with Gasteiger partial charge in [0.2, 0.25) is 0 Å². The SMILES string of the molecule is CCN1CCN(C(=O)c2cccc(C(=O)N3CCN(CC)CC3)n2)CC1. The van der Waals surface area contributed by atoms with Crippen LogP contribution in [0.2, 0.25) is 0 Å². The Morgan fingerprint density at radius 2 is 1.15 bits per heavy atom. The first-order valence-corrected chi connectivity index (χ1v) is 9.62. The highest BCUT2D eigenvalue weighted by Gasteiger charge is 2.25. The third-order valence-corrected chi connectivity index (χ3v) is 5.40. The maximum atomic E-state index is 12.7. The molecular weight excluding hydrogens is 330 g/mol. The van der Waals surface area contributed by atoms with Crippen LogP contribution in [-0.4, -0.2) is 102 Å². The number of piperazine rings is 2. The molecule has 0 spiro atoms. The minimum atomic E-state index is -0.0776. The van der Waals surface area contributed by atoms with Crippen LogP contribution in [0, 0.1) is 0 Å². The van der Waals surface area contributed by atoms with E-state index in [2.05, 4.69) is 28.6 Å². The number of nitrogens with zero attached hydrogens (tertiary/aromatic N) is 5. The number of pyridine rings is 1. The molecule has 7 nitrogen and oxygen atoms in total. The van der Waals surface area contributed by atoms with Crippen molar-refractivity contribution in [3.63, 3.8) is 0 Å². The predicted octanol–water partition coefficient (Wildman–Crippen LogP) is 0.637. The summed E-state index contributed by atoms with van der Waals surface area (Å²) in [5.41, 5.74) is 0.737. The smallest absolute Gasteiger partial charge is 0.272 e. The van der Waals surface area contributed by atoms with Crippen LogP contribution >= 0.6 is 0 Å². The van der Waals surface area contributed by atoms with Gasteiger partial charge in [-0.2, -0.15) is 0 Å². The molecule has 7 heteroatoms. The molecule has 3 rings (SSSR count). The quantitative estimate of drug-likeness (QED) is 0.790. The normalized spacial score (nSPS) is 19.6. The van der Waals surface area contributed by atoms with E-state index < -0.39 is 0 Å². The van der Waals surface area contributed by atoms with E-state index in [4.69, 9.17) is 0 Å². The first-order chi connectivity index (χ1) is 12.6. The van der Waals surface area contributed by atoms with Crippen LogP contribution in [0.5, 0.6) is 0 Å². The lowest BCUT2D eigenvalue weighted by molar-refractivity contribution is 0.0629. The van der Waals surface area contributed by atoms with Crippen molar-refractivity contribution in [2.24, 2.45) is 0 Å². The van der Waals surface area contributed by atoms with Gasteiger partial charge in [-0.05, 0) is 25.2 Å². The number of hydrogen-bond acceptors (Lipinski definition) is 5. The van der Waals surface area contributed by atoms with E-state index in [-0.39, 0.29) is 11.8 Å². The van der Waals surface area contributed by atoms with Crippen LogP contribution in [0.4, 0.5) is 0 Å². The molecule has 0 radical (unpaired) electrons. The van der Waals surface area contributed by atoms with Crippen molar-refractivity contribution >= 4 is 11.8 Å². The number of amides is 2. The lowest BCUT2D eigenvalue weighted by atomic mass is 10.2. The molecule has 1 aromatic heterocycles. The highest BCUT2D eigenvalue weighted by Crippen LogP contribution is 2.11. The lowest BCUT2D eigenvalue weighted by Gasteiger charge is -2.34. The standard InChI is InChI=1S/C19H29N5O2/c1-3-21-8-12-23(13-9-21)18(25)16-6-5-7-17(20-16)19(26)24-14-10-22(4-2)11-15-24/h5-7H,3-4,8-15H2,1-2H3. The van der Waals surface area contributed by atoms with E-state index in [0.29, 0.717) is 37.6 Å². The molecule has 2 aliphatic heterocycles. The fourth-order valence-electron chi connectivity index (χ4n) is 3.53. The number of rotatable bonds is 4. The Bertz CT molecular complexity index is 583. The molecule has 0 aliphatic carbocycles. The molecule has 0 N–H and O–H groups in total. The Morgan fingerprint density at radius 3 is 1.50 bits per heavy atom. The molecule has 26 heavy (non-hydrogen) atoms. The van der Waals surface area contributed by atoms with Gasteiger partial charge in [-0.3, -0.25) is 9.59 Å². The molecule has 0 aromatic carbocycles. The van der Waals surface area contributed by atoms with Gasteiger partial charge in [-0.15, -0.1) is 0 Å². The maximum Gasteiger partial charge on any atom is 0.272 e. The molecule has 0 unspecified atom stereocenters. The van der Waals surface area contributed by atoms with Gasteiger partial charge in [0.15, 0.2) is 0 Å². The van der Waals surface area contributed by atoms with Crippen LogP contribution in [-0.2, 0) is 0 Å². The van der Waals surface area contributed by atoms with E-state index in [9.17, 15) is 9.59 Å². The summed E-state index contributed by atoms with van der Waals surface area (Å²) < 4.78 is 0. The first-order valence-electron chi connectivity index (χ1n) is 9.62. The van der Waals surface area contributed by atoms with E-state index in [1.54, 1.807) is 18.2 Å². The minimum absolute atomic E-state index is 0.0776. The lowest BCUT2D eigenvalue weighted by Crippen LogP contribution is -2.49. The van der Waals surface area contributed by atoms with Gasteiger partial charge in [-0.1, -0.05) is 19.9 Å². The summed E-state index contributed by atoms with van der Waals surface area (Å²) in [5.74, 6) is -0.155. The van der Waals surface area contributed by atoms with Gasteiger partial charge in [-0.25, -0.2) is 4.98 Å². The number of carbonyl (C=O) groups excluding carboxylic acids is 2. The van der Waals surface area contributed by atoms with Crippen molar-refractivity contribution in [3.8, 4) is 0 Å². The zero-order valence-electron chi connectivity index (χ0n) is 15.9. The molecule has 2 amide bonds. The molecule has 2 fully saturated rings. The Kier molecular flexibility index (Phi) is 6.21. The Hall–Kier alpha value is -1.99. The van der Waals surface area contributed by atoms with Crippen LogP contribution in [0.15, 0.2) is 18.2 Å². The number of aromatic nitrogens is 1. The van der Waals surface area contributed by atoms with Gasteiger partial charge in [0.1, 0.15) is 11.4 Å². The van der Waals surface area contributed by atoms with Gasteiger partial charge in [0, 0.05) is 52.4 Å². The highest BCUT2D eigenvalue weighted by atomic mass is 16.2. The summed E-state index contributed by atoms with van der Waals surface area (Å²) in [7, 11) is 0. The molecule has 2 saturated heterocycles. The zero-order chi connectivity index (χ0) is 18.5. The third-order valence-electron chi connectivity index (χ3n) is 5.40. The highest BCUT2D eigenvalue weighted by molar-refractivity contribution is 5.96. The third kappa shape index (κ3) is 4.22. The second kappa shape index (κ2) is 8.60. The van der Waals surface area contributed by atoms with Crippen LogP contribution < -0.4 is 0 Å². The maximum absolute atomic E-state index is 12.7. The Balaban J connectivity index is 1.64. The molecule has 0 atom stereocenters. The summed E-state index contributed by atoms with van der Waals surface area (Å²) in [5, 5.41) is 0. The summed E-state index contributed by atoms with van der Waals surface area (Å²) in [4.78, 5) is 38.2. The van der Waals surface area contributed by atoms with E-state index in [1.165, 1.54) is 0 Å². The number of carbonyl (C=O) groups is 2. The second-order valence-electron chi connectivity index (χ2n) is 6.86. The molecule has 1 aromatic rings. The van der Waals surface area contributed by atoms with Crippen molar-refractivity contribution in [1.29, 1.82) is 0 Å². The van der Waals surface area contributed by atoms with Gasteiger partial charge < -0.3 is 19.6 Å². The topological polar surface area (TPSA) is 60.0 Å². The number of likely N-dealkylation sites (N-methyl/N-ethyl adjacent to an activating group) is 2.